The van der Waals surface area contributed by atoms with Crippen LogP contribution < -0.4 is 0 Å². The summed E-state index contributed by atoms with van der Waals surface area (Å²) in [7, 11) is 0. The number of amides is 2. The summed E-state index contributed by atoms with van der Waals surface area (Å²) in [6.45, 7) is 8.54. The Kier molecular flexibility index (Phi) is 7.44. The second-order valence-corrected chi connectivity index (χ2v) is 6.55. The van der Waals surface area contributed by atoms with Crippen LogP contribution in [0.3, 0.4) is 0 Å². The first-order valence-electron chi connectivity index (χ1n) is 9.30. The number of hydrogen-bond donors (Lipinski definition) is 0. The van der Waals surface area contributed by atoms with E-state index in [0.717, 1.165) is 18.7 Å². The van der Waals surface area contributed by atoms with Gasteiger partial charge >= 0.3 is 0 Å². The predicted molar refractivity (Wildman–Crippen MR) is 98.1 cm³/mol. The fourth-order valence-corrected chi connectivity index (χ4v) is 3.24. The van der Waals surface area contributed by atoms with Crippen molar-refractivity contribution in [3.8, 4) is 0 Å². The lowest BCUT2D eigenvalue weighted by Crippen LogP contribution is -2.48. The molecule has 1 saturated heterocycles. The van der Waals surface area contributed by atoms with E-state index in [1.165, 1.54) is 0 Å². The highest BCUT2D eigenvalue weighted by Gasteiger charge is 2.30. The fourth-order valence-electron chi connectivity index (χ4n) is 3.24. The van der Waals surface area contributed by atoms with Crippen LogP contribution in [-0.4, -0.2) is 53.9 Å². The Labute approximate surface area is 150 Å². The molecule has 0 saturated carbocycles. The van der Waals surface area contributed by atoms with Crippen LogP contribution in [0.4, 0.5) is 0 Å². The van der Waals surface area contributed by atoms with E-state index in [1.807, 2.05) is 60.9 Å². The molecule has 0 aromatic heterocycles. The normalized spacial score (nSPS) is 20.4. The zero-order valence-electron chi connectivity index (χ0n) is 15.6. The zero-order valence-corrected chi connectivity index (χ0v) is 15.6. The summed E-state index contributed by atoms with van der Waals surface area (Å²) in [5, 5.41) is 0. The average molecular weight is 346 g/mol. The van der Waals surface area contributed by atoms with Crippen molar-refractivity contribution in [1.82, 2.24) is 9.80 Å². The molecule has 5 nitrogen and oxygen atoms in total. The van der Waals surface area contributed by atoms with Gasteiger partial charge in [0.05, 0.1) is 19.2 Å². The van der Waals surface area contributed by atoms with E-state index >= 15 is 0 Å². The number of ether oxygens (including phenoxy) is 1. The van der Waals surface area contributed by atoms with E-state index < -0.39 is 0 Å². The average Bonchev–Trinajstić information content (AvgIpc) is 2.63. The monoisotopic (exact) mass is 346 g/mol. The quantitative estimate of drug-likeness (QED) is 0.762. The van der Waals surface area contributed by atoms with Gasteiger partial charge in [-0.3, -0.25) is 9.59 Å². The number of nitrogens with zero attached hydrogens (tertiary/aromatic N) is 2. The van der Waals surface area contributed by atoms with Gasteiger partial charge in [0, 0.05) is 25.9 Å². The van der Waals surface area contributed by atoms with Crippen molar-refractivity contribution >= 4 is 11.8 Å². The molecule has 0 unspecified atom stereocenters. The lowest BCUT2D eigenvalue weighted by atomic mass is 10.1. The lowest BCUT2D eigenvalue weighted by Gasteiger charge is -2.38. The number of rotatable bonds is 7. The van der Waals surface area contributed by atoms with Gasteiger partial charge in [0.25, 0.3) is 0 Å². The Bertz CT molecular complexity index is 557. The molecule has 2 rings (SSSR count). The molecule has 25 heavy (non-hydrogen) atoms. The Morgan fingerprint density at radius 1 is 1.16 bits per heavy atom. The second-order valence-electron chi connectivity index (χ2n) is 6.55. The van der Waals surface area contributed by atoms with Gasteiger partial charge in [-0.05, 0) is 32.8 Å². The minimum atomic E-state index is -0.0707. The summed E-state index contributed by atoms with van der Waals surface area (Å²) in [6, 6.07) is 10.1. The maximum absolute atomic E-state index is 12.6. The summed E-state index contributed by atoms with van der Waals surface area (Å²) in [4.78, 5) is 28.4. The van der Waals surface area contributed by atoms with Gasteiger partial charge in [-0.15, -0.1) is 0 Å². The van der Waals surface area contributed by atoms with Crippen molar-refractivity contribution in [2.75, 3.05) is 26.2 Å². The van der Waals surface area contributed by atoms with Gasteiger partial charge in [-0.1, -0.05) is 30.3 Å². The lowest BCUT2D eigenvalue weighted by molar-refractivity contribution is -0.144. The van der Waals surface area contributed by atoms with Crippen LogP contribution in [0.25, 0.3) is 0 Å². The van der Waals surface area contributed by atoms with Crippen molar-refractivity contribution in [3.63, 3.8) is 0 Å². The predicted octanol–water partition coefficient (Wildman–Crippen LogP) is 3.01. The minimum Gasteiger partial charge on any atom is -0.370 e. The molecule has 0 N–H and O–H groups in total. The van der Waals surface area contributed by atoms with Crippen molar-refractivity contribution in [3.05, 3.63) is 35.9 Å². The molecule has 0 aliphatic carbocycles. The molecule has 0 bridgehead atoms. The third kappa shape index (κ3) is 5.30. The molecule has 1 aliphatic rings. The molecule has 2 atom stereocenters. The van der Waals surface area contributed by atoms with Gasteiger partial charge in [-0.25, -0.2) is 0 Å². The largest absolute Gasteiger partial charge is 0.370 e. The molecule has 1 fully saturated rings. The number of carbonyl (C=O) groups is 2. The van der Waals surface area contributed by atoms with Gasteiger partial charge < -0.3 is 14.5 Å². The second kappa shape index (κ2) is 9.56. The molecule has 1 aromatic carbocycles. The van der Waals surface area contributed by atoms with E-state index in [4.69, 9.17) is 4.74 Å². The fraction of sp³-hybridized carbons (Fsp3) is 0.600. The summed E-state index contributed by atoms with van der Waals surface area (Å²) >= 11 is 0. The van der Waals surface area contributed by atoms with Crippen LogP contribution in [0.1, 0.15) is 51.7 Å². The Morgan fingerprint density at radius 3 is 2.48 bits per heavy atom. The molecular formula is C20H30N2O3. The standard InChI is InChI=1S/C20H30N2O3/c1-4-21(5-2)19(23)12-9-13-20(24)22-14-18(25-15-16(22)3)17-10-7-6-8-11-17/h6-8,10-11,16,18H,4-5,9,12-15H2,1-3H3/t16-,18-/m1/s1. The van der Waals surface area contributed by atoms with Crippen molar-refractivity contribution in [1.29, 1.82) is 0 Å². The molecule has 1 heterocycles. The van der Waals surface area contributed by atoms with E-state index in [0.29, 0.717) is 32.4 Å². The third-order valence-corrected chi connectivity index (χ3v) is 4.82. The third-order valence-electron chi connectivity index (χ3n) is 4.82. The van der Waals surface area contributed by atoms with Gasteiger partial charge in [0.1, 0.15) is 6.10 Å². The Balaban J connectivity index is 1.86. The summed E-state index contributed by atoms with van der Waals surface area (Å²) in [5.74, 6) is 0.249. The van der Waals surface area contributed by atoms with Crippen LogP contribution >= 0.6 is 0 Å². The number of benzene rings is 1. The molecule has 138 valence electrons. The van der Waals surface area contributed by atoms with Gasteiger partial charge in [-0.2, -0.15) is 0 Å². The number of carbonyl (C=O) groups excluding carboxylic acids is 2. The van der Waals surface area contributed by atoms with Crippen LogP contribution in [-0.2, 0) is 14.3 Å². The maximum atomic E-state index is 12.6. The van der Waals surface area contributed by atoms with Crippen molar-refractivity contribution < 1.29 is 14.3 Å². The first-order valence-corrected chi connectivity index (χ1v) is 9.30. The molecule has 0 radical (unpaired) electrons. The highest BCUT2D eigenvalue weighted by Crippen LogP contribution is 2.25. The molecular weight excluding hydrogens is 316 g/mol. The van der Waals surface area contributed by atoms with Crippen LogP contribution in [0.2, 0.25) is 0 Å². The van der Waals surface area contributed by atoms with Gasteiger partial charge in [0.15, 0.2) is 0 Å². The summed E-state index contributed by atoms with van der Waals surface area (Å²) in [5.41, 5.74) is 1.10. The van der Waals surface area contributed by atoms with Crippen molar-refractivity contribution in [2.45, 2.75) is 52.2 Å². The van der Waals surface area contributed by atoms with Crippen LogP contribution in [0.15, 0.2) is 30.3 Å². The molecule has 1 aliphatic heterocycles. The molecule has 0 spiro atoms. The maximum Gasteiger partial charge on any atom is 0.223 e. The summed E-state index contributed by atoms with van der Waals surface area (Å²) in [6.07, 6.45) is 1.39. The van der Waals surface area contributed by atoms with Crippen molar-refractivity contribution in [2.24, 2.45) is 0 Å². The van der Waals surface area contributed by atoms with Crippen LogP contribution in [0, 0.1) is 0 Å². The zero-order chi connectivity index (χ0) is 18.2. The van der Waals surface area contributed by atoms with Gasteiger partial charge in [0.2, 0.25) is 11.8 Å². The molecule has 1 aromatic rings. The summed E-state index contributed by atoms with van der Waals surface area (Å²) < 4.78 is 5.91. The van der Waals surface area contributed by atoms with Crippen LogP contribution in [0.5, 0.6) is 0 Å². The van der Waals surface area contributed by atoms with E-state index in [-0.39, 0.29) is 24.0 Å². The molecule has 2 amide bonds. The Hall–Kier alpha value is -1.88. The first-order chi connectivity index (χ1) is 12.1. The van der Waals surface area contributed by atoms with E-state index in [1.54, 1.807) is 0 Å². The highest BCUT2D eigenvalue weighted by molar-refractivity contribution is 5.79. The topological polar surface area (TPSA) is 49.9 Å². The number of morpholine rings is 1. The highest BCUT2D eigenvalue weighted by atomic mass is 16.5. The van der Waals surface area contributed by atoms with E-state index in [2.05, 4.69) is 0 Å². The van der Waals surface area contributed by atoms with E-state index in [9.17, 15) is 9.59 Å². The Morgan fingerprint density at radius 2 is 1.84 bits per heavy atom. The number of hydrogen-bond acceptors (Lipinski definition) is 3. The smallest absolute Gasteiger partial charge is 0.223 e. The SMILES string of the molecule is CCN(CC)C(=O)CCCC(=O)N1C[C@H](c2ccccc2)OC[C@H]1C. The first kappa shape index (κ1) is 19.4. The minimum absolute atomic E-state index is 0.0707. The molecule has 5 heteroatoms.